The molecule has 2 atom stereocenters. The van der Waals surface area contributed by atoms with E-state index >= 15 is 0 Å². The Morgan fingerprint density at radius 1 is 0.882 bits per heavy atom. The van der Waals surface area contributed by atoms with Crippen molar-refractivity contribution in [1.82, 2.24) is 9.80 Å². The first-order valence-electron chi connectivity index (χ1n) is 11.8. The van der Waals surface area contributed by atoms with Gasteiger partial charge in [-0.05, 0) is 62.1 Å². The van der Waals surface area contributed by atoms with Gasteiger partial charge in [-0.2, -0.15) is 0 Å². The highest BCUT2D eigenvalue weighted by atomic mass is 16.5. The topological polar surface area (TPSA) is 88.2 Å². The molecule has 2 amide bonds. The Kier molecular flexibility index (Phi) is 7.67. The molecule has 1 N–H and O–H groups in total. The van der Waals surface area contributed by atoms with Crippen LogP contribution >= 0.6 is 0 Å². The van der Waals surface area contributed by atoms with Crippen molar-refractivity contribution in [3.05, 3.63) is 54.6 Å². The number of methoxy groups -OCH3 is 1. The van der Waals surface area contributed by atoms with E-state index < -0.39 is 12.1 Å². The molecule has 0 radical (unpaired) electrons. The summed E-state index contributed by atoms with van der Waals surface area (Å²) in [7, 11) is 1.59. The molecule has 4 rings (SSSR count). The molecule has 0 saturated carbocycles. The van der Waals surface area contributed by atoms with Crippen molar-refractivity contribution in [2.75, 3.05) is 38.7 Å². The third-order valence-corrected chi connectivity index (χ3v) is 6.42. The second-order valence-corrected chi connectivity index (χ2v) is 8.58. The molecule has 0 spiro atoms. The summed E-state index contributed by atoms with van der Waals surface area (Å²) >= 11 is 0. The number of amides is 2. The van der Waals surface area contributed by atoms with Crippen LogP contribution in [0.15, 0.2) is 54.6 Å². The van der Waals surface area contributed by atoms with Gasteiger partial charge in [-0.15, -0.1) is 0 Å². The maximum absolute atomic E-state index is 13.4. The predicted octanol–water partition coefficient (Wildman–Crippen LogP) is 2.74. The molecule has 2 heterocycles. The summed E-state index contributed by atoms with van der Waals surface area (Å²) in [5, 5.41) is 3.12. The smallest absolute Gasteiger partial charge is 0.245 e. The average Bonchev–Trinajstić information content (AvgIpc) is 3.57. The van der Waals surface area contributed by atoms with Gasteiger partial charge in [-0.3, -0.25) is 14.4 Å². The van der Waals surface area contributed by atoms with Crippen molar-refractivity contribution in [2.45, 2.75) is 37.8 Å². The highest BCUT2D eigenvalue weighted by Gasteiger charge is 2.41. The van der Waals surface area contributed by atoms with Gasteiger partial charge in [0, 0.05) is 18.8 Å². The van der Waals surface area contributed by atoms with Crippen LogP contribution in [0.5, 0.6) is 11.5 Å². The van der Waals surface area contributed by atoms with Crippen LogP contribution in [0.25, 0.3) is 0 Å². The van der Waals surface area contributed by atoms with Crippen LogP contribution in [0.3, 0.4) is 0 Å². The molecule has 2 aromatic carbocycles. The molecule has 2 saturated heterocycles. The normalized spacial score (nSPS) is 19.7. The number of ketones is 1. The molecule has 2 aliphatic rings. The Labute approximate surface area is 199 Å². The number of anilines is 1. The first-order valence-corrected chi connectivity index (χ1v) is 11.8. The number of rotatable bonds is 9. The molecule has 180 valence electrons. The number of ether oxygens (including phenoxy) is 2. The van der Waals surface area contributed by atoms with Crippen LogP contribution in [0.1, 0.15) is 25.7 Å². The number of nitrogens with zero attached hydrogens (tertiary/aromatic N) is 2. The van der Waals surface area contributed by atoms with Gasteiger partial charge in [-0.1, -0.05) is 18.2 Å². The van der Waals surface area contributed by atoms with Crippen molar-refractivity contribution < 1.29 is 23.9 Å². The van der Waals surface area contributed by atoms with E-state index in [1.807, 2.05) is 30.3 Å². The quantitative estimate of drug-likeness (QED) is 0.613. The number of Topliss-reactive ketones (excluding diaryl/α,β-unsaturated/α-hetero) is 1. The summed E-state index contributed by atoms with van der Waals surface area (Å²) in [6.07, 6.45) is 2.78. The lowest BCUT2D eigenvalue weighted by Crippen LogP contribution is -2.52. The summed E-state index contributed by atoms with van der Waals surface area (Å²) in [5.41, 5.74) is 0.861. The Hall–Kier alpha value is -3.55. The van der Waals surface area contributed by atoms with Crippen LogP contribution in [0.4, 0.5) is 5.69 Å². The van der Waals surface area contributed by atoms with Gasteiger partial charge < -0.3 is 24.6 Å². The zero-order valence-corrected chi connectivity index (χ0v) is 19.4. The maximum Gasteiger partial charge on any atom is 0.245 e. The molecule has 2 fully saturated rings. The zero-order chi connectivity index (χ0) is 23.9. The third kappa shape index (κ3) is 5.50. The van der Waals surface area contributed by atoms with Gasteiger partial charge in [0.25, 0.3) is 0 Å². The standard InChI is InChI=1S/C26H31N3O5/c1-33-20-11-13-21(14-12-20)34-18-24(30)22-9-5-16-29(22)26(32)23-10-6-15-28(23)25(31)17-27-19-7-3-2-4-8-19/h2-4,7-8,11-14,22-23,27H,5-6,9-10,15-18H2,1H3/t22-,23+/m0/s1. The summed E-state index contributed by atoms with van der Waals surface area (Å²) in [6.45, 7) is 1.11. The second-order valence-electron chi connectivity index (χ2n) is 8.58. The predicted molar refractivity (Wildman–Crippen MR) is 128 cm³/mol. The molecule has 8 heteroatoms. The number of hydrogen-bond donors (Lipinski definition) is 1. The lowest BCUT2D eigenvalue weighted by atomic mass is 10.1. The largest absolute Gasteiger partial charge is 0.497 e. The Bertz CT molecular complexity index is 995. The third-order valence-electron chi connectivity index (χ3n) is 6.42. The number of nitrogens with one attached hydrogen (secondary N) is 1. The van der Waals surface area contributed by atoms with Gasteiger partial charge in [0.05, 0.1) is 19.7 Å². The molecule has 34 heavy (non-hydrogen) atoms. The monoisotopic (exact) mass is 465 g/mol. The van der Waals surface area contributed by atoms with Gasteiger partial charge in [0.15, 0.2) is 5.78 Å². The summed E-state index contributed by atoms with van der Waals surface area (Å²) in [4.78, 5) is 42.5. The molecule has 0 unspecified atom stereocenters. The minimum Gasteiger partial charge on any atom is -0.497 e. The number of benzene rings is 2. The number of para-hydroxylation sites is 1. The van der Waals surface area contributed by atoms with Crippen molar-refractivity contribution in [3.63, 3.8) is 0 Å². The van der Waals surface area contributed by atoms with E-state index in [-0.39, 0.29) is 30.7 Å². The minimum absolute atomic E-state index is 0.102. The van der Waals surface area contributed by atoms with E-state index in [4.69, 9.17) is 9.47 Å². The summed E-state index contributed by atoms with van der Waals surface area (Å²) < 4.78 is 10.8. The van der Waals surface area contributed by atoms with E-state index in [1.54, 1.807) is 41.2 Å². The van der Waals surface area contributed by atoms with Crippen LogP contribution in [0, 0.1) is 0 Å². The van der Waals surface area contributed by atoms with E-state index in [0.29, 0.717) is 37.4 Å². The molecule has 0 aromatic heterocycles. The lowest BCUT2D eigenvalue weighted by molar-refractivity contribution is -0.146. The molecular weight excluding hydrogens is 434 g/mol. The molecule has 2 aliphatic heterocycles. The average molecular weight is 466 g/mol. The van der Waals surface area contributed by atoms with Crippen LogP contribution in [-0.2, 0) is 14.4 Å². The van der Waals surface area contributed by atoms with Gasteiger partial charge in [0.1, 0.15) is 24.1 Å². The molecule has 8 nitrogen and oxygen atoms in total. The fourth-order valence-corrected chi connectivity index (χ4v) is 4.64. The van der Waals surface area contributed by atoms with E-state index in [2.05, 4.69) is 5.32 Å². The van der Waals surface area contributed by atoms with Crippen LogP contribution in [0.2, 0.25) is 0 Å². The molecule has 0 bridgehead atoms. The lowest BCUT2D eigenvalue weighted by Gasteiger charge is -2.31. The number of carbonyl (C=O) groups is 3. The zero-order valence-electron chi connectivity index (χ0n) is 19.4. The Balaban J connectivity index is 1.33. The van der Waals surface area contributed by atoms with Crippen molar-refractivity contribution in [2.24, 2.45) is 0 Å². The number of carbonyl (C=O) groups excluding carboxylic acids is 3. The molecule has 2 aromatic rings. The van der Waals surface area contributed by atoms with Crippen molar-refractivity contribution >= 4 is 23.3 Å². The van der Waals surface area contributed by atoms with Crippen molar-refractivity contribution in [3.8, 4) is 11.5 Å². The fourth-order valence-electron chi connectivity index (χ4n) is 4.64. The summed E-state index contributed by atoms with van der Waals surface area (Å²) in [6, 6.07) is 15.5. The molecule has 0 aliphatic carbocycles. The van der Waals surface area contributed by atoms with Crippen molar-refractivity contribution in [1.29, 1.82) is 0 Å². The second kappa shape index (κ2) is 11.0. The Morgan fingerprint density at radius 3 is 2.24 bits per heavy atom. The fraction of sp³-hybridized carbons (Fsp3) is 0.423. The summed E-state index contributed by atoms with van der Waals surface area (Å²) in [5.74, 6) is 0.920. The molecular formula is C26H31N3O5. The van der Waals surface area contributed by atoms with Gasteiger partial charge >= 0.3 is 0 Å². The maximum atomic E-state index is 13.4. The highest BCUT2D eigenvalue weighted by molar-refractivity contribution is 5.94. The first kappa shape index (κ1) is 23.6. The number of likely N-dealkylation sites (tertiary alicyclic amines) is 2. The van der Waals surface area contributed by atoms with Crippen LogP contribution < -0.4 is 14.8 Å². The first-order chi connectivity index (χ1) is 16.6. The van der Waals surface area contributed by atoms with Gasteiger partial charge in [0.2, 0.25) is 11.8 Å². The van der Waals surface area contributed by atoms with E-state index in [1.165, 1.54) is 0 Å². The van der Waals surface area contributed by atoms with Gasteiger partial charge in [-0.25, -0.2) is 0 Å². The highest BCUT2D eigenvalue weighted by Crippen LogP contribution is 2.26. The Morgan fingerprint density at radius 2 is 1.53 bits per heavy atom. The number of hydrogen-bond acceptors (Lipinski definition) is 6. The SMILES string of the molecule is COc1ccc(OCC(=O)[C@@H]2CCCN2C(=O)[C@H]2CCCN2C(=O)CNc2ccccc2)cc1. The van der Waals surface area contributed by atoms with Crippen LogP contribution in [-0.4, -0.2) is 72.8 Å². The minimum atomic E-state index is -0.513. The van der Waals surface area contributed by atoms with E-state index in [0.717, 1.165) is 18.5 Å². The van der Waals surface area contributed by atoms with E-state index in [9.17, 15) is 14.4 Å².